The fourth-order valence-electron chi connectivity index (χ4n) is 9.17. The highest BCUT2D eigenvalue weighted by Gasteiger charge is 2.47. The van der Waals surface area contributed by atoms with E-state index in [-0.39, 0.29) is 19.4 Å². The van der Waals surface area contributed by atoms with E-state index in [1.165, 1.54) is 77.0 Å². The monoisotopic (exact) mass is 1110 g/mol. The van der Waals surface area contributed by atoms with Gasteiger partial charge in [0.1, 0.15) is 24.4 Å². The molecule has 1 rings (SSSR count). The van der Waals surface area contributed by atoms with Crippen LogP contribution >= 0.6 is 0 Å². The first kappa shape index (κ1) is 73.3. The van der Waals surface area contributed by atoms with Crippen molar-refractivity contribution < 1.29 is 49.3 Å². The fourth-order valence-corrected chi connectivity index (χ4v) is 9.17. The summed E-state index contributed by atoms with van der Waals surface area (Å²) in [5.74, 6) is -1.24. The molecule has 1 fully saturated rings. The molecule has 0 radical (unpaired) electrons. The van der Waals surface area contributed by atoms with E-state index < -0.39 is 67.4 Å². The maximum atomic E-state index is 13.4. The molecule has 79 heavy (non-hydrogen) atoms. The zero-order chi connectivity index (χ0) is 57.5. The number of hydrogen-bond donors (Lipinski definition) is 6. The van der Waals surface area contributed by atoms with Crippen molar-refractivity contribution in [3.8, 4) is 0 Å². The number of esters is 1. The Labute approximate surface area is 481 Å². The van der Waals surface area contributed by atoms with E-state index in [0.717, 1.165) is 122 Å². The molecule has 0 saturated carbocycles. The molecule has 0 aromatic heterocycles. The molecule has 1 saturated heterocycles. The smallest absolute Gasteiger partial charge is 0.306 e. The van der Waals surface area contributed by atoms with Gasteiger partial charge < -0.3 is 45.1 Å². The number of aliphatic hydroxyl groups excluding tert-OH is 5. The average molecular weight is 1110 g/mol. The molecular formula is C68H115NO10. The molecule has 1 heterocycles. The highest BCUT2D eigenvalue weighted by atomic mass is 16.7. The van der Waals surface area contributed by atoms with E-state index in [1.807, 2.05) is 6.08 Å². The lowest BCUT2D eigenvalue weighted by atomic mass is 9.99. The second-order valence-corrected chi connectivity index (χ2v) is 21.4. The Morgan fingerprint density at radius 2 is 0.949 bits per heavy atom. The largest absolute Gasteiger partial charge is 0.454 e. The van der Waals surface area contributed by atoms with E-state index in [2.05, 4.69) is 123 Å². The third kappa shape index (κ3) is 42.8. The Hall–Kier alpha value is -3.68. The van der Waals surface area contributed by atoms with Crippen molar-refractivity contribution in [2.75, 3.05) is 13.2 Å². The van der Waals surface area contributed by atoms with Gasteiger partial charge in [0, 0.05) is 6.42 Å². The summed E-state index contributed by atoms with van der Waals surface area (Å²) in [5, 5.41) is 57.0. The Morgan fingerprint density at radius 1 is 0.519 bits per heavy atom. The number of hydrogen-bond acceptors (Lipinski definition) is 10. The molecule has 0 aromatic carbocycles. The summed E-state index contributed by atoms with van der Waals surface area (Å²) in [6.45, 7) is 5.62. The van der Waals surface area contributed by atoms with E-state index in [1.54, 1.807) is 6.08 Å². The molecule has 8 unspecified atom stereocenters. The van der Waals surface area contributed by atoms with Crippen LogP contribution in [0.2, 0.25) is 0 Å². The number of rotatable bonds is 52. The maximum absolute atomic E-state index is 13.4. The zero-order valence-electron chi connectivity index (χ0n) is 50.0. The quantitative estimate of drug-likeness (QED) is 0.0149. The summed E-state index contributed by atoms with van der Waals surface area (Å²) in [6.07, 6.45) is 64.0. The normalized spacial score (nSPS) is 19.6. The molecule has 452 valence electrons. The predicted octanol–water partition coefficient (Wildman–Crippen LogP) is 15.3. The number of carbonyl (C=O) groups is 2. The van der Waals surface area contributed by atoms with Crippen molar-refractivity contribution in [1.29, 1.82) is 0 Å². The number of allylic oxidation sites excluding steroid dienone is 17. The standard InChI is InChI=1S/C68H115NO10/c1-4-7-10-13-16-19-22-25-27-28-29-30-31-32-33-34-35-38-41-44-47-50-53-56-63(73)79-66-65(75)64(74)62(57-70)78-68(66)77-58-59(60(71)54-51-48-45-42-39-36-24-21-18-15-12-9-6-3)69-67(76)61(72)55-52-49-46-43-40-37-26-23-20-17-14-11-8-5-2/h7,10,16-17,19-20,23,25-27,29-30,32-33,35,38,51,54,59-62,64-66,68,70-72,74-75H,4-6,8-9,11-15,18,21-22,24,28,31,34,36-37,39-50,52-53,55-58H2,1-3H3,(H,69,76)/b10-7-,19-16-,20-17+,26-23+,27-25-,30-29-,33-32-,38-35-,54-51+. The van der Waals surface area contributed by atoms with E-state index >= 15 is 0 Å². The van der Waals surface area contributed by atoms with Crippen LogP contribution in [0, 0.1) is 0 Å². The fraction of sp³-hybridized carbons (Fsp3) is 0.706. The zero-order valence-corrected chi connectivity index (χ0v) is 50.0. The first-order valence-corrected chi connectivity index (χ1v) is 31.7. The number of ether oxygens (including phenoxy) is 3. The highest BCUT2D eigenvalue weighted by Crippen LogP contribution is 2.26. The molecular weight excluding hydrogens is 991 g/mol. The first-order chi connectivity index (χ1) is 38.7. The van der Waals surface area contributed by atoms with Crippen LogP contribution in [0.1, 0.15) is 245 Å². The summed E-state index contributed by atoms with van der Waals surface area (Å²) in [4.78, 5) is 26.6. The van der Waals surface area contributed by atoms with Crippen LogP contribution in [0.25, 0.3) is 0 Å². The Balaban J connectivity index is 2.69. The summed E-state index contributed by atoms with van der Waals surface area (Å²) < 4.78 is 17.6. The van der Waals surface area contributed by atoms with E-state index in [4.69, 9.17) is 14.2 Å². The van der Waals surface area contributed by atoms with Crippen molar-refractivity contribution in [3.05, 3.63) is 109 Å². The van der Waals surface area contributed by atoms with Crippen LogP contribution in [0.15, 0.2) is 109 Å². The van der Waals surface area contributed by atoms with Crippen LogP contribution in [-0.2, 0) is 23.8 Å². The first-order valence-electron chi connectivity index (χ1n) is 31.7. The van der Waals surface area contributed by atoms with E-state index in [0.29, 0.717) is 12.8 Å². The molecule has 6 N–H and O–H groups in total. The van der Waals surface area contributed by atoms with Gasteiger partial charge in [-0.2, -0.15) is 0 Å². The van der Waals surface area contributed by atoms with Crippen LogP contribution in [0.5, 0.6) is 0 Å². The van der Waals surface area contributed by atoms with Gasteiger partial charge in [-0.15, -0.1) is 0 Å². The highest BCUT2D eigenvalue weighted by molar-refractivity contribution is 5.80. The van der Waals surface area contributed by atoms with Gasteiger partial charge in [-0.3, -0.25) is 9.59 Å². The maximum Gasteiger partial charge on any atom is 0.306 e. The lowest BCUT2D eigenvalue weighted by Crippen LogP contribution is -2.61. The van der Waals surface area contributed by atoms with Crippen molar-refractivity contribution in [1.82, 2.24) is 5.32 Å². The van der Waals surface area contributed by atoms with Gasteiger partial charge >= 0.3 is 5.97 Å². The third-order valence-electron chi connectivity index (χ3n) is 14.2. The molecule has 1 aliphatic rings. The molecule has 1 aliphatic heterocycles. The van der Waals surface area contributed by atoms with Crippen molar-refractivity contribution in [3.63, 3.8) is 0 Å². The third-order valence-corrected chi connectivity index (χ3v) is 14.2. The summed E-state index contributed by atoms with van der Waals surface area (Å²) in [7, 11) is 0. The Bertz CT molecular complexity index is 1700. The number of amides is 1. The molecule has 0 bridgehead atoms. The summed E-state index contributed by atoms with van der Waals surface area (Å²) in [5.41, 5.74) is 0. The van der Waals surface area contributed by atoms with Crippen LogP contribution < -0.4 is 5.32 Å². The summed E-state index contributed by atoms with van der Waals surface area (Å²) >= 11 is 0. The average Bonchev–Trinajstić information content (AvgIpc) is 3.50. The second-order valence-electron chi connectivity index (χ2n) is 21.4. The van der Waals surface area contributed by atoms with Crippen LogP contribution in [-0.4, -0.2) is 99.6 Å². The van der Waals surface area contributed by atoms with Gasteiger partial charge in [-0.1, -0.05) is 246 Å². The van der Waals surface area contributed by atoms with Gasteiger partial charge in [-0.25, -0.2) is 0 Å². The minimum Gasteiger partial charge on any atom is -0.454 e. The van der Waals surface area contributed by atoms with Gasteiger partial charge in [0.25, 0.3) is 0 Å². The molecule has 0 aliphatic carbocycles. The summed E-state index contributed by atoms with van der Waals surface area (Å²) in [6, 6.07) is -1.04. The second kappa shape index (κ2) is 54.9. The number of nitrogens with one attached hydrogen (secondary N) is 1. The van der Waals surface area contributed by atoms with Gasteiger partial charge in [0.2, 0.25) is 5.91 Å². The van der Waals surface area contributed by atoms with Crippen LogP contribution in [0.3, 0.4) is 0 Å². The number of carbonyl (C=O) groups excluding carboxylic acids is 2. The van der Waals surface area contributed by atoms with Crippen LogP contribution in [0.4, 0.5) is 0 Å². The van der Waals surface area contributed by atoms with Crippen molar-refractivity contribution in [2.24, 2.45) is 0 Å². The minimum absolute atomic E-state index is 0.0864. The Kier molecular flexibility index (Phi) is 50.9. The molecule has 8 atom stereocenters. The SMILES string of the molecule is CC/C=C\C/C=C\C/C=C\C/C=C\C/C=C\C/C=C\CCCCCCC(=O)OC1C(OCC(NC(=O)C(O)CCCCCCC/C=C/C=C/CCCCC)C(O)/C=C/CCCCCCCCCCCCC)OC(CO)C(O)C1O. The topological polar surface area (TPSA) is 175 Å². The van der Waals surface area contributed by atoms with Gasteiger partial charge in [-0.05, 0) is 103 Å². The predicted molar refractivity (Wildman–Crippen MR) is 328 cm³/mol. The molecule has 0 spiro atoms. The van der Waals surface area contributed by atoms with Crippen molar-refractivity contribution >= 4 is 11.9 Å². The lowest BCUT2D eigenvalue weighted by molar-refractivity contribution is -0.305. The van der Waals surface area contributed by atoms with Gasteiger partial charge in [0.05, 0.1) is 25.4 Å². The van der Waals surface area contributed by atoms with Crippen molar-refractivity contribution in [2.45, 2.75) is 294 Å². The molecule has 11 nitrogen and oxygen atoms in total. The number of unbranched alkanes of at least 4 members (excludes halogenated alkanes) is 23. The van der Waals surface area contributed by atoms with E-state index in [9.17, 15) is 35.1 Å². The minimum atomic E-state index is -1.63. The number of aliphatic hydroxyl groups is 5. The Morgan fingerprint density at radius 3 is 1.47 bits per heavy atom. The van der Waals surface area contributed by atoms with Gasteiger partial charge in [0.15, 0.2) is 12.4 Å². The molecule has 1 amide bonds. The molecule has 11 heteroatoms. The molecule has 0 aromatic rings. The lowest BCUT2D eigenvalue weighted by Gasteiger charge is -2.41.